The second-order valence-corrected chi connectivity index (χ2v) is 5.22. The van der Waals surface area contributed by atoms with Crippen molar-refractivity contribution < 1.29 is 19.4 Å². The van der Waals surface area contributed by atoms with E-state index in [0.717, 1.165) is 11.4 Å². The van der Waals surface area contributed by atoms with Crippen molar-refractivity contribution in [2.75, 3.05) is 19.8 Å². The number of carbonyl (C=O) groups excluding carboxylic acids is 1. The number of carboxylic acid groups (broad SMARTS) is 1. The van der Waals surface area contributed by atoms with Gasteiger partial charge >= 0.3 is 5.97 Å². The number of aromatic nitrogens is 1. The number of amides is 1. The summed E-state index contributed by atoms with van der Waals surface area (Å²) in [7, 11) is 0. The van der Waals surface area contributed by atoms with Crippen molar-refractivity contribution in [3.05, 3.63) is 16.1 Å². The molecule has 1 fully saturated rings. The van der Waals surface area contributed by atoms with Crippen molar-refractivity contribution >= 4 is 23.2 Å². The van der Waals surface area contributed by atoms with Crippen LogP contribution in [0.25, 0.3) is 0 Å². The molecule has 2 heterocycles. The van der Waals surface area contributed by atoms with Crippen LogP contribution in [0.2, 0.25) is 0 Å². The van der Waals surface area contributed by atoms with E-state index in [4.69, 9.17) is 9.84 Å². The third-order valence-corrected chi connectivity index (χ3v) is 4.01. The number of hydrogen-bond acceptors (Lipinski definition) is 5. The Kier molecular flexibility index (Phi) is 4.49. The van der Waals surface area contributed by atoms with Gasteiger partial charge < -0.3 is 14.7 Å². The molecular weight excluding hydrogens is 268 g/mol. The zero-order valence-electron chi connectivity index (χ0n) is 10.7. The van der Waals surface area contributed by atoms with E-state index in [0.29, 0.717) is 18.8 Å². The van der Waals surface area contributed by atoms with Gasteiger partial charge in [-0.1, -0.05) is 6.92 Å². The summed E-state index contributed by atoms with van der Waals surface area (Å²) >= 11 is 1.52. The Morgan fingerprint density at radius 2 is 2.42 bits per heavy atom. The summed E-state index contributed by atoms with van der Waals surface area (Å²) in [5, 5.41) is 11.9. The van der Waals surface area contributed by atoms with Gasteiger partial charge in [0.1, 0.15) is 0 Å². The Labute approximate surface area is 115 Å². The molecule has 1 aliphatic rings. The largest absolute Gasteiger partial charge is 0.480 e. The normalized spacial score (nSPS) is 19.4. The average molecular weight is 284 g/mol. The van der Waals surface area contributed by atoms with Crippen LogP contribution in [0.15, 0.2) is 5.38 Å². The summed E-state index contributed by atoms with van der Waals surface area (Å²) in [6.45, 7) is 2.76. The van der Waals surface area contributed by atoms with Gasteiger partial charge in [-0.2, -0.15) is 0 Å². The lowest BCUT2D eigenvalue weighted by Crippen LogP contribution is -2.53. The molecule has 0 spiro atoms. The number of carboxylic acids is 1. The number of carbonyl (C=O) groups is 2. The zero-order valence-corrected chi connectivity index (χ0v) is 11.5. The molecule has 1 aliphatic heterocycles. The highest BCUT2D eigenvalue weighted by atomic mass is 32.1. The summed E-state index contributed by atoms with van der Waals surface area (Å²) in [6.07, 6.45) is 0.994. The molecule has 0 aromatic carbocycles. The molecule has 6 nitrogen and oxygen atoms in total. The molecule has 1 saturated heterocycles. The summed E-state index contributed by atoms with van der Waals surface area (Å²) < 4.78 is 5.11. The maximum absolute atomic E-state index is 12.2. The van der Waals surface area contributed by atoms with Crippen molar-refractivity contribution in [3.8, 4) is 0 Å². The number of aryl methyl sites for hydroxylation is 1. The SMILES string of the molecule is CCc1nc(CC(=O)N2CCOCC2C(=O)O)cs1. The predicted octanol–water partition coefficient (Wildman–Crippen LogP) is 0.560. The van der Waals surface area contributed by atoms with E-state index in [9.17, 15) is 9.59 Å². The maximum atomic E-state index is 12.2. The van der Waals surface area contributed by atoms with Gasteiger partial charge in [0.25, 0.3) is 0 Å². The summed E-state index contributed by atoms with van der Waals surface area (Å²) in [5.41, 5.74) is 0.711. The minimum atomic E-state index is -1.03. The van der Waals surface area contributed by atoms with E-state index in [2.05, 4.69) is 4.98 Å². The summed E-state index contributed by atoms with van der Waals surface area (Å²) in [4.78, 5) is 28.9. The molecule has 1 atom stereocenters. The first-order valence-electron chi connectivity index (χ1n) is 6.15. The minimum Gasteiger partial charge on any atom is -0.480 e. The van der Waals surface area contributed by atoms with Gasteiger partial charge in [0, 0.05) is 11.9 Å². The van der Waals surface area contributed by atoms with E-state index in [1.807, 2.05) is 12.3 Å². The van der Waals surface area contributed by atoms with Crippen molar-refractivity contribution in [2.45, 2.75) is 25.8 Å². The van der Waals surface area contributed by atoms with Crippen molar-refractivity contribution in [3.63, 3.8) is 0 Å². The number of ether oxygens (including phenoxy) is 1. The lowest BCUT2D eigenvalue weighted by molar-refractivity contribution is -0.158. The smallest absolute Gasteiger partial charge is 0.328 e. The monoisotopic (exact) mass is 284 g/mol. The predicted molar refractivity (Wildman–Crippen MR) is 69.2 cm³/mol. The lowest BCUT2D eigenvalue weighted by atomic mass is 10.2. The maximum Gasteiger partial charge on any atom is 0.328 e. The zero-order chi connectivity index (χ0) is 13.8. The molecule has 1 N–H and O–H groups in total. The number of aliphatic carboxylic acids is 1. The van der Waals surface area contributed by atoms with Crippen LogP contribution in [0.5, 0.6) is 0 Å². The van der Waals surface area contributed by atoms with Gasteiger partial charge in [-0.3, -0.25) is 4.79 Å². The molecule has 1 aromatic heterocycles. The molecule has 2 rings (SSSR count). The van der Waals surface area contributed by atoms with Crippen LogP contribution in [0, 0.1) is 0 Å². The highest BCUT2D eigenvalue weighted by molar-refractivity contribution is 7.09. The van der Waals surface area contributed by atoms with E-state index < -0.39 is 12.0 Å². The number of rotatable bonds is 4. The fourth-order valence-electron chi connectivity index (χ4n) is 1.96. The van der Waals surface area contributed by atoms with Crippen molar-refractivity contribution in [1.82, 2.24) is 9.88 Å². The molecule has 1 amide bonds. The Morgan fingerprint density at radius 1 is 1.63 bits per heavy atom. The third kappa shape index (κ3) is 3.30. The molecule has 0 bridgehead atoms. The summed E-state index contributed by atoms with van der Waals surface area (Å²) in [6, 6.07) is -0.884. The van der Waals surface area contributed by atoms with Gasteiger partial charge in [-0.25, -0.2) is 9.78 Å². The van der Waals surface area contributed by atoms with Crippen LogP contribution >= 0.6 is 11.3 Å². The second-order valence-electron chi connectivity index (χ2n) is 4.28. The van der Waals surface area contributed by atoms with Gasteiger partial charge in [0.15, 0.2) is 6.04 Å². The van der Waals surface area contributed by atoms with Crippen LogP contribution in [0.4, 0.5) is 0 Å². The minimum absolute atomic E-state index is 0.0539. The standard InChI is InChI=1S/C12H16N2O4S/c1-2-10-13-8(7-19-10)5-11(15)14-3-4-18-6-9(14)12(16)17/h7,9H,2-6H2,1H3,(H,16,17). The fourth-order valence-corrected chi connectivity index (χ4v) is 2.70. The van der Waals surface area contributed by atoms with Crippen molar-refractivity contribution in [1.29, 1.82) is 0 Å². The topological polar surface area (TPSA) is 79.7 Å². The molecule has 19 heavy (non-hydrogen) atoms. The van der Waals surface area contributed by atoms with Gasteiger partial charge in [-0.15, -0.1) is 11.3 Å². The molecule has 0 saturated carbocycles. The Hall–Kier alpha value is -1.47. The van der Waals surface area contributed by atoms with Gasteiger partial charge in [-0.05, 0) is 6.42 Å². The number of nitrogens with zero attached hydrogens (tertiary/aromatic N) is 2. The van der Waals surface area contributed by atoms with Crippen LogP contribution in [0.1, 0.15) is 17.6 Å². The first-order chi connectivity index (χ1) is 9.11. The molecule has 1 aromatic rings. The highest BCUT2D eigenvalue weighted by Gasteiger charge is 2.32. The Balaban J connectivity index is 2.03. The molecular formula is C12H16N2O4S. The van der Waals surface area contributed by atoms with Crippen LogP contribution < -0.4 is 0 Å². The molecule has 1 unspecified atom stereocenters. The van der Waals surface area contributed by atoms with Gasteiger partial charge in [0.05, 0.1) is 30.3 Å². The molecule has 7 heteroatoms. The van der Waals surface area contributed by atoms with Gasteiger partial charge in [0.2, 0.25) is 5.91 Å². The highest BCUT2D eigenvalue weighted by Crippen LogP contribution is 2.14. The number of morpholine rings is 1. The molecule has 104 valence electrons. The van der Waals surface area contributed by atoms with E-state index in [1.54, 1.807) is 0 Å². The van der Waals surface area contributed by atoms with Crippen LogP contribution in [0.3, 0.4) is 0 Å². The number of thiazole rings is 1. The number of hydrogen-bond donors (Lipinski definition) is 1. The second kappa shape index (κ2) is 6.12. The van der Waals surface area contributed by atoms with E-state index >= 15 is 0 Å². The fraction of sp³-hybridized carbons (Fsp3) is 0.583. The van der Waals surface area contributed by atoms with Crippen molar-refractivity contribution in [2.24, 2.45) is 0 Å². The molecule has 0 aliphatic carbocycles. The Bertz CT molecular complexity index is 474. The third-order valence-electron chi connectivity index (χ3n) is 2.97. The summed E-state index contributed by atoms with van der Waals surface area (Å²) in [5.74, 6) is -1.23. The molecule has 0 radical (unpaired) electrons. The Morgan fingerprint density at radius 3 is 3.05 bits per heavy atom. The van der Waals surface area contributed by atoms with E-state index in [1.165, 1.54) is 16.2 Å². The first-order valence-corrected chi connectivity index (χ1v) is 7.03. The van der Waals surface area contributed by atoms with Crippen LogP contribution in [-0.4, -0.2) is 52.7 Å². The lowest BCUT2D eigenvalue weighted by Gasteiger charge is -2.32. The average Bonchev–Trinajstić information content (AvgIpc) is 2.86. The van der Waals surface area contributed by atoms with Crippen LogP contribution in [-0.2, 0) is 27.2 Å². The quantitative estimate of drug-likeness (QED) is 0.874. The van der Waals surface area contributed by atoms with E-state index in [-0.39, 0.29) is 18.9 Å². The first kappa shape index (κ1) is 14.0.